The molecule has 1 aromatic carbocycles. The molecule has 1 heterocycles. The van der Waals surface area contributed by atoms with E-state index in [2.05, 4.69) is 41.8 Å². The Bertz CT molecular complexity index is 419. The first kappa shape index (κ1) is 13.1. The summed E-state index contributed by atoms with van der Waals surface area (Å²) in [6, 6.07) is 8.36. The minimum atomic E-state index is -0.390. The maximum absolute atomic E-state index is 12.2. The van der Waals surface area contributed by atoms with E-state index in [1.54, 1.807) is 0 Å². The highest BCUT2D eigenvalue weighted by Crippen LogP contribution is 2.21. The van der Waals surface area contributed by atoms with Crippen molar-refractivity contribution in [2.24, 2.45) is 0 Å². The number of amides is 1. The van der Waals surface area contributed by atoms with Crippen molar-refractivity contribution in [3.8, 4) is 0 Å². The van der Waals surface area contributed by atoms with Gasteiger partial charge >= 0.3 is 0 Å². The zero-order valence-electron chi connectivity index (χ0n) is 11.4. The van der Waals surface area contributed by atoms with Crippen molar-refractivity contribution in [2.75, 3.05) is 6.54 Å². The van der Waals surface area contributed by atoms with E-state index in [0.717, 1.165) is 24.9 Å². The van der Waals surface area contributed by atoms with Crippen molar-refractivity contribution in [3.63, 3.8) is 0 Å². The van der Waals surface area contributed by atoms with Crippen LogP contribution in [0.5, 0.6) is 0 Å². The highest BCUT2D eigenvalue weighted by atomic mass is 16.2. The predicted octanol–water partition coefficient (Wildman–Crippen LogP) is 2.31. The Morgan fingerprint density at radius 3 is 2.61 bits per heavy atom. The van der Waals surface area contributed by atoms with Gasteiger partial charge in [-0.3, -0.25) is 4.79 Å². The number of nitrogens with one attached hydrogen (secondary N) is 2. The molecule has 3 nitrogen and oxygen atoms in total. The predicted molar refractivity (Wildman–Crippen MR) is 73.4 cm³/mol. The van der Waals surface area contributed by atoms with Crippen LogP contribution in [-0.4, -0.2) is 18.0 Å². The number of rotatable bonds is 3. The topological polar surface area (TPSA) is 41.1 Å². The molecule has 1 saturated heterocycles. The van der Waals surface area contributed by atoms with Crippen molar-refractivity contribution in [1.82, 2.24) is 10.6 Å². The fourth-order valence-corrected chi connectivity index (χ4v) is 2.38. The summed E-state index contributed by atoms with van der Waals surface area (Å²) < 4.78 is 0. The number of carbonyl (C=O) groups excluding carboxylic acids is 1. The van der Waals surface area contributed by atoms with Crippen molar-refractivity contribution >= 4 is 5.91 Å². The zero-order valence-corrected chi connectivity index (χ0v) is 11.4. The second kappa shape index (κ2) is 5.11. The number of hydrogen-bond acceptors (Lipinski definition) is 2. The molecule has 0 saturated carbocycles. The Labute approximate surface area is 109 Å². The van der Waals surface area contributed by atoms with Gasteiger partial charge < -0.3 is 10.6 Å². The van der Waals surface area contributed by atoms with Gasteiger partial charge in [0.25, 0.3) is 0 Å². The van der Waals surface area contributed by atoms with Crippen LogP contribution in [0.1, 0.15) is 43.9 Å². The summed E-state index contributed by atoms with van der Waals surface area (Å²) in [5.41, 5.74) is 2.00. The molecule has 1 fully saturated rings. The lowest BCUT2D eigenvalue weighted by molar-refractivity contribution is -0.127. The third-order valence-electron chi connectivity index (χ3n) is 3.79. The van der Waals surface area contributed by atoms with E-state index in [1.807, 2.05) is 13.8 Å². The van der Waals surface area contributed by atoms with Crippen LogP contribution >= 0.6 is 0 Å². The summed E-state index contributed by atoms with van der Waals surface area (Å²) in [7, 11) is 0. The van der Waals surface area contributed by atoms with E-state index in [4.69, 9.17) is 0 Å². The molecule has 1 aliphatic heterocycles. The lowest BCUT2D eigenvalue weighted by atomic mass is 9.98. The minimum absolute atomic E-state index is 0.0531. The average Bonchev–Trinajstić information content (AvgIpc) is 2.78. The molecule has 1 amide bonds. The lowest BCUT2D eigenvalue weighted by Gasteiger charge is -2.26. The Balaban J connectivity index is 2.00. The summed E-state index contributed by atoms with van der Waals surface area (Å²) >= 11 is 0. The zero-order chi connectivity index (χ0) is 13.2. The summed E-state index contributed by atoms with van der Waals surface area (Å²) in [5, 5.41) is 6.38. The Kier molecular flexibility index (Phi) is 3.71. The Morgan fingerprint density at radius 1 is 1.39 bits per heavy atom. The molecular formula is C15H22N2O. The van der Waals surface area contributed by atoms with Crippen LogP contribution in [0.25, 0.3) is 0 Å². The molecular weight excluding hydrogens is 224 g/mol. The smallest absolute Gasteiger partial charge is 0.240 e. The molecule has 0 aliphatic carbocycles. The SMILES string of the molecule is Cc1ccc([C@@H](C)NC(=O)C2(C)CCCN2)cc1. The fourth-order valence-electron chi connectivity index (χ4n) is 2.38. The molecule has 0 spiro atoms. The van der Waals surface area contributed by atoms with E-state index in [9.17, 15) is 4.79 Å². The highest BCUT2D eigenvalue weighted by Gasteiger charge is 2.36. The first-order chi connectivity index (χ1) is 8.51. The monoisotopic (exact) mass is 246 g/mol. The van der Waals surface area contributed by atoms with Gasteiger partial charge in [-0.1, -0.05) is 29.8 Å². The number of carbonyl (C=O) groups is 1. The van der Waals surface area contributed by atoms with Gasteiger partial charge in [-0.2, -0.15) is 0 Å². The van der Waals surface area contributed by atoms with Gasteiger partial charge in [-0.25, -0.2) is 0 Å². The molecule has 98 valence electrons. The van der Waals surface area contributed by atoms with Gasteiger partial charge in [0.2, 0.25) is 5.91 Å². The summed E-state index contributed by atoms with van der Waals surface area (Å²) in [6.07, 6.45) is 1.99. The van der Waals surface area contributed by atoms with E-state index in [-0.39, 0.29) is 17.5 Å². The van der Waals surface area contributed by atoms with Crippen molar-refractivity contribution in [2.45, 2.75) is 45.2 Å². The van der Waals surface area contributed by atoms with E-state index < -0.39 is 0 Å². The fraction of sp³-hybridized carbons (Fsp3) is 0.533. The number of benzene rings is 1. The quantitative estimate of drug-likeness (QED) is 0.859. The van der Waals surface area contributed by atoms with Crippen LogP contribution in [0.2, 0.25) is 0 Å². The second-order valence-corrected chi connectivity index (χ2v) is 5.47. The molecule has 0 bridgehead atoms. The lowest BCUT2D eigenvalue weighted by Crippen LogP contribution is -2.51. The first-order valence-corrected chi connectivity index (χ1v) is 6.64. The van der Waals surface area contributed by atoms with Crippen molar-refractivity contribution < 1.29 is 4.79 Å². The molecule has 1 unspecified atom stereocenters. The summed E-state index contributed by atoms with van der Waals surface area (Å²) in [4.78, 5) is 12.2. The average molecular weight is 246 g/mol. The van der Waals surface area contributed by atoms with Gasteiger partial charge in [0, 0.05) is 0 Å². The largest absolute Gasteiger partial charge is 0.348 e. The molecule has 2 rings (SSSR count). The van der Waals surface area contributed by atoms with Crippen LogP contribution in [0.4, 0.5) is 0 Å². The van der Waals surface area contributed by atoms with Gasteiger partial charge in [-0.05, 0) is 45.7 Å². The van der Waals surface area contributed by atoms with Gasteiger partial charge in [-0.15, -0.1) is 0 Å². The second-order valence-electron chi connectivity index (χ2n) is 5.47. The molecule has 18 heavy (non-hydrogen) atoms. The normalized spacial score (nSPS) is 24.8. The summed E-state index contributed by atoms with van der Waals surface area (Å²) in [5.74, 6) is 0.105. The molecule has 1 aliphatic rings. The van der Waals surface area contributed by atoms with E-state index in [0.29, 0.717) is 0 Å². The van der Waals surface area contributed by atoms with Crippen molar-refractivity contribution in [1.29, 1.82) is 0 Å². The molecule has 0 radical (unpaired) electrons. The third-order valence-corrected chi connectivity index (χ3v) is 3.79. The van der Waals surface area contributed by atoms with Crippen molar-refractivity contribution in [3.05, 3.63) is 35.4 Å². The van der Waals surface area contributed by atoms with Crippen LogP contribution in [0.15, 0.2) is 24.3 Å². The molecule has 2 N–H and O–H groups in total. The molecule has 1 aromatic rings. The molecule has 2 atom stereocenters. The minimum Gasteiger partial charge on any atom is -0.348 e. The maximum Gasteiger partial charge on any atom is 0.240 e. The van der Waals surface area contributed by atoms with Gasteiger partial charge in [0.05, 0.1) is 11.6 Å². The highest BCUT2D eigenvalue weighted by molar-refractivity contribution is 5.86. The van der Waals surface area contributed by atoms with Gasteiger partial charge in [0.1, 0.15) is 0 Å². The van der Waals surface area contributed by atoms with Gasteiger partial charge in [0.15, 0.2) is 0 Å². The maximum atomic E-state index is 12.2. The van der Waals surface area contributed by atoms with Crippen LogP contribution in [0.3, 0.4) is 0 Å². The van der Waals surface area contributed by atoms with Crippen LogP contribution < -0.4 is 10.6 Å². The number of aryl methyl sites for hydroxylation is 1. The van der Waals surface area contributed by atoms with E-state index >= 15 is 0 Å². The van der Waals surface area contributed by atoms with Crippen LogP contribution in [0, 0.1) is 6.92 Å². The Morgan fingerprint density at radius 2 is 2.06 bits per heavy atom. The standard InChI is InChI=1S/C15H22N2O/c1-11-5-7-13(8-6-11)12(2)17-14(18)15(3)9-4-10-16-15/h5-8,12,16H,4,9-10H2,1-3H3,(H,17,18)/t12-,15?/m1/s1. The number of hydrogen-bond donors (Lipinski definition) is 2. The van der Waals surface area contributed by atoms with Crippen LogP contribution in [-0.2, 0) is 4.79 Å². The first-order valence-electron chi connectivity index (χ1n) is 6.64. The third kappa shape index (κ3) is 2.72. The summed E-state index contributed by atoms with van der Waals surface area (Å²) in [6.45, 7) is 7.01. The molecule has 0 aromatic heterocycles. The van der Waals surface area contributed by atoms with E-state index in [1.165, 1.54) is 5.56 Å². The Hall–Kier alpha value is -1.35. The molecule has 3 heteroatoms.